The lowest BCUT2D eigenvalue weighted by molar-refractivity contribution is -0.135. The third-order valence-electron chi connectivity index (χ3n) is 1.65. The summed E-state index contributed by atoms with van der Waals surface area (Å²) in [5.74, 6) is -1.18. The molecule has 15 heavy (non-hydrogen) atoms. The molecule has 1 N–H and O–H groups in total. The molecule has 0 aliphatic carbocycles. The number of carbonyl (C=O) groups excluding carboxylic acids is 1. The number of methoxy groups -OCH3 is 1. The highest BCUT2D eigenvalue weighted by atomic mass is 35.5. The highest BCUT2D eigenvalue weighted by Crippen LogP contribution is 2.19. The van der Waals surface area contributed by atoms with E-state index in [4.69, 9.17) is 11.6 Å². The summed E-state index contributed by atoms with van der Waals surface area (Å²) in [4.78, 5) is 11.0. The predicted molar refractivity (Wildman–Crippen MR) is 56.2 cm³/mol. The molecule has 0 atom stereocenters. The fourth-order valence-electron chi connectivity index (χ4n) is 0.922. The van der Waals surface area contributed by atoms with Crippen LogP contribution in [0.3, 0.4) is 0 Å². The largest absolute Gasteiger partial charge is 0.464 e. The van der Waals surface area contributed by atoms with Gasteiger partial charge in [-0.15, -0.1) is 0 Å². The van der Waals surface area contributed by atoms with Crippen molar-refractivity contribution in [2.45, 2.75) is 0 Å². The molecule has 0 heterocycles. The van der Waals surface area contributed by atoms with Crippen molar-refractivity contribution in [2.24, 2.45) is 0 Å². The number of hydrogen-bond donors (Lipinski definition) is 1. The van der Waals surface area contributed by atoms with Gasteiger partial charge in [0, 0.05) is 5.69 Å². The first-order chi connectivity index (χ1) is 7.04. The van der Waals surface area contributed by atoms with Gasteiger partial charge in [-0.2, -0.15) is 0 Å². The van der Waals surface area contributed by atoms with Crippen LogP contribution in [-0.2, 0) is 9.53 Å². The van der Waals surface area contributed by atoms with Crippen LogP contribution in [-0.4, -0.2) is 13.1 Å². The van der Waals surface area contributed by atoms with E-state index >= 15 is 0 Å². The Balaban J connectivity index is 2.77. The van der Waals surface area contributed by atoms with Crippen LogP contribution in [0.2, 0.25) is 5.02 Å². The summed E-state index contributed by atoms with van der Waals surface area (Å²) in [6, 6.07) is 4.07. The Labute approximate surface area is 91.5 Å². The van der Waals surface area contributed by atoms with Crippen LogP contribution >= 0.6 is 11.6 Å². The quantitative estimate of drug-likeness (QED) is 0.640. The zero-order chi connectivity index (χ0) is 11.4. The van der Waals surface area contributed by atoms with Crippen molar-refractivity contribution in [3.8, 4) is 0 Å². The standard InChI is InChI=1S/C10H9ClFNO2/c1-6(10(14)15-2)13-7-3-4-8(11)9(12)5-7/h3-5,13H,1H2,2H3. The predicted octanol–water partition coefficient (Wildman–Crippen LogP) is 2.58. The first kappa shape index (κ1) is 11.5. The van der Waals surface area contributed by atoms with Gasteiger partial charge in [0.1, 0.15) is 11.5 Å². The summed E-state index contributed by atoms with van der Waals surface area (Å²) >= 11 is 5.49. The van der Waals surface area contributed by atoms with E-state index in [1.807, 2.05) is 0 Å². The SMILES string of the molecule is C=C(Nc1ccc(Cl)c(F)c1)C(=O)OC. The van der Waals surface area contributed by atoms with E-state index in [-0.39, 0.29) is 10.7 Å². The van der Waals surface area contributed by atoms with Crippen LogP contribution < -0.4 is 5.32 Å². The third kappa shape index (κ3) is 2.95. The summed E-state index contributed by atoms with van der Waals surface area (Å²) in [5.41, 5.74) is 0.409. The number of esters is 1. The molecule has 5 heteroatoms. The molecule has 1 rings (SSSR count). The second-order valence-electron chi connectivity index (χ2n) is 2.72. The molecular formula is C10H9ClFNO2. The van der Waals surface area contributed by atoms with Crippen molar-refractivity contribution < 1.29 is 13.9 Å². The van der Waals surface area contributed by atoms with E-state index in [2.05, 4.69) is 16.6 Å². The van der Waals surface area contributed by atoms with Gasteiger partial charge in [-0.25, -0.2) is 9.18 Å². The Bertz CT molecular complexity index is 406. The molecule has 80 valence electrons. The minimum Gasteiger partial charge on any atom is -0.464 e. The molecule has 0 amide bonds. The molecule has 0 fully saturated rings. The van der Waals surface area contributed by atoms with E-state index in [9.17, 15) is 9.18 Å². The first-order valence-electron chi connectivity index (χ1n) is 4.04. The Morgan fingerprint density at radius 3 is 2.80 bits per heavy atom. The van der Waals surface area contributed by atoms with Gasteiger partial charge < -0.3 is 10.1 Å². The Morgan fingerprint density at radius 2 is 2.27 bits per heavy atom. The second kappa shape index (κ2) is 4.79. The van der Waals surface area contributed by atoms with Gasteiger partial charge in [0.05, 0.1) is 12.1 Å². The molecule has 0 aliphatic heterocycles. The fourth-order valence-corrected chi connectivity index (χ4v) is 1.04. The average Bonchev–Trinajstić information content (AvgIpc) is 2.22. The summed E-state index contributed by atoms with van der Waals surface area (Å²) in [6.45, 7) is 3.43. The lowest BCUT2D eigenvalue weighted by Gasteiger charge is -2.07. The topological polar surface area (TPSA) is 38.3 Å². The molecule has 0 saturated heterocycles. The first-order valence-corrected chi connectivity index (χ1v) is 4.41. The molecule has 0 aliphatic rings. The molecule has 0 saturated carbocycles. The van der Waals surface area contributed by atoms with Gasteiger partial charge in [-0.05, 0) is 18.2 Å². The molecule has 0 spiro atoms. The number of carbonyl (C=O) groups is 1. The summed E-state index contributed by atoms with van der Waals surface area (Å²) in [5, 5.41) is 2.61. The van der Waals surface area contributed by atoms with Gasteiger partial charge in [0.25, 0.3) is 0 Å². The smallest absolute Gasteiger partial charge is 0.353 e. The monoisotopic (exact) mass is 229 g/mol. The van der Waals surface area contributed by atoms with Gasteiger partial charge >= 0.3 is 5.97 Å². The maximum Gasteiger partial charge on any atom is 0.353 e. The molecule has 0 bridgehead atoms. The molecule has 0 unspecified atom stereocenters. The normalized spacial score (nSPS) is 9.53. The molecule has 0 radical (unpaired) electrons. The minimum absolute atomic E-state index is 0.0178. The highest BCUT2D eigenvalue weighted by Gasteiger charge is 2.07. The average molecular weight is 230 g/mol. The minimum atomic E-state index is -0.606. The Kier molecular flexibility index (Phi) is 3.68. The van der Waals surface area contributed by atoms with Gasteiger partial charge in [-0.1, -0.05) is 18.2 Å². The highest BCUT2D eigenvalue weighted by molar-refractivity contribution is 6.30. The second-order valence-corrected chi connectivity index (χ2v) is 3.13. The zero-order valence-corrected chi connectivity index (χ0v) is 8.77. The van der Waals surface area contributed by atoms with E-state index < -0.39 is 11.8 Å². The van der Waals surface area contributed by atoms with Crippen molar-refractivity contribution in [3.05, 3.63) is 41.3 Å². The molecule has 3 nitrogen and oxygen atoms in total. The van der Waals surface area contributed by atoms with E-state index in [0.29, 0.717) is 5.69 Å². The van der Waals surface area contributed by atoms with Crippen LogP contribution in [0.15, 0.2) is 30.5 Å². The van der Waals surface area contributed by atoms with Crippen molar-refractivity contribution in [1.29, 1.82) is 0 Å². The van der Waals surface area contributed by atoms with E-state index in [0.717, 1.165) is 6.07 Å². The van der Waals surface area contributed by atoms with Crippen molar-refractivity contribution in [1.82, 2.24) is 0 Å². The van der Waals surface area contributed by atoms with Crippen LogP contribution in [0.4, 0.5) is 10.1 Å². The van der Waals surface area contributed by atoms with Gasteiger partial charge in [0.15, 0.2) is 0 Å². The lowest BCUT2D eigenvalue weighted by atomic mass is 10.3. The number of ether oxygens (including phenoxy) is 1. The van der Waals surface area contributed by atoms with Crippen LogP contribution in [0.25, 0.3) is 0 Å². The van der Waals surface area contributed by atoms with Crippen molar-refractivity contribution in [2.75, 3.05) is 12.4 Å². The summed E-state index contributed by atoms with van der Waals surface area (Å²) in [6.07, 6.45) is 0. The van der Waals surface area contributed by atoms with Crippen molar-refractivity contribution >= 4 is 23.3 Å². The van der Waals surface area contributed by atoms with Gasteiger partial charge in [0.2, 0.25) is 0 Å². The maximum atomic E-state index is 13.0. The number of anilines is 1. The molecule has 0 aromatic heterocycles. The lowest BCUT2D eigenvalue weighted by Crippen LogP contribution is -2.11. The Hall–Kier alpha value is -1.55. The van der Waals surface area contributed by atoms with Crippen LogP contribution in [0.1, 0.15) is 0 Å². The number of rotatable bonds is 3. The Morgan fingerprint density at radius 1 is 1.60 bits per heavy atom. The molecular weight excluding hydrogens is 221 g/mol. The summed E-state index contributed by atoms with van der Waals surface area (Å²) in [7, 11) is 1.23. The van der Waals surface area contributed by atoms with Crippen LogP contribution in [0.5, 0.6) is 0 Å². The fraction of sp³-hybridized carbons (Fsp3) is 0.100. The molecule has 1 aromatic carbocycles. The molecule has 1 aromatic rings. The number of nitrogens with one attached hydrogen (secondary N) is 1. The van der Waals surface area contributed by atoms with Gasteiger partial charge in [-0.3, -0.25) is 0 Å². The number of halogens is 2. The maximum absolute atomic E-state index is 13.0. The van der Waals surface area contributed by atoms with E-state index in [1.54, 1.807) is 0 Å². The summed E-state index contributed by atoms with van der Waals surface area (Å²) < 4.78 is 17.4. The number of hydrogen-bond acceptors (Lipinski definition) is 3. The van der Waals surface area contributed by atoms with Crippen LogP contribution in [0, 0.1) is 5.82 Å². The van der Waals surface area contributed by atoms with Crippen molar-refractivity contribution in [3.63, 3.8) is 0 Å². The zero-order valence-electron chi connectivity index (χ0n) is 8.01. The number of benzene rings is 1. The third-order valence-corrected chi connectivity index (χ3v) is 1.95. The van der Waals surface area contributed by atoms with E-state index in [1.165, 1.54) is 19.2 Å².